The van der Waals surface area contributed by atoms with Gasteiger partial charge in [0.1, 0.15) is 29.7 Å². The van der Waals surface area contributed by atoms with Gasteiger partial charge >= 0.3 is 0 Å². The molecule has 11 heteroatoms. The molecule has 9 nitrogen and oxygen atoms in total. The van der Waals surface area contributed by atoms with E-state index in [0.717, 1.165) is 43.1 Å². The van der Waals surface area contributed by atoms with Gasteiger partial charge in [0.25, 0.3) is 11.8 Å². The van der Waals surface area contributed by atoms with Crippen LogP contribution in [0.5, 0.6) is 0 Å². The van der Waals surface area contributed by atoms with Crippen LogP contribution in [0.4, 0.5) is 8.78 Å². The summed E-state index contributed by atoms with van der Waals surface area (Å²) in [6.45, 7) is -0.473. The smallest absolute Gasteiger partial charge is 0.289 e. The van der Waals surface area contributed by atoms with E-state index in [1.165, 1.54) is 18.0 Å². The Hall–Kier alpha value is -3.63. The second-order valence-corrected chi connectivity index (χ2v) is 9.56. The molecule has 3 amide bonds. The fourth-order valence-electron chi connectivity index (χ4n) is 4.99. The van der Waals surface area contributed by atoms with Crippen molar-refractivity contribution >= 4 is 40.7 Å². The molecule has 1 aromatic heterocycles. The molecule has 2 aliphatic rings. The number of halogens is 2. The second-order valence-electron chi connectivity index (χ2n) is 9.56. The normalized spacial score (nSPS) is 20.4. The van der Waals surface area contributed by atoms with Crippen molar-refractivity contribution in [2.45, 2.75) is 50.6 Å². The van der Waals surface area contributed by atoms with Gasteiger partial charge < -0.3 is 24.9 Å². The van der Waals surface area contributed by atoms with Gasteiger partial charge in [-0.2, -0.15) is 0 Å². The van der Waals surface area contributed by atoms with Crippen LogP contribution in [-0.4, -0.2) is 76.8 Å². The quantitative estimate of drug-likeness (QED) is 0.443. The van der Waals surface area contributed by atoms with E-state index in [4.69, 9.17) is 0 Å². The molecule has 1 aliphatic heterocycles. The number of nitrogens with zero attached hydrogens (tertiary/aromatic N) is 2. The molecule has 2 atom stereocenters. The maximum Gasteiger partial charge on any atom is 0.289 e. The van der Waals surface area contributed by atoms with Gasteiger partial charge in [-0.1, -0.05) is 19.3 Å². The largest absolute Gasteiger partial charge is 0.350 e. The third-order valence-corrected chi connectivity index (χ3v) is 6.91. The topological polar surface area (TPSA) is 120 Å². The minimum Gasteiger partial charge on any atom is -0.350 e. The number of aromatic amines is 1. The number of aromatic nitrogens is 1. The Morgan fingerprint density at radius 3 is 2.56 bits per heavy atom. The number of nitrogens with one attached hydrogen (secondary N) is 2. The number of hydrogen-bond acceptors (Lipinski definition) is 5. The molecule has 0 spiro atoms. The van der Waals surface area contributed by atoms with E-state index in [2.05, 4.69) is 10.3 Å². The lowest BCUT2D eigenvalue weighted by atomic mass is 9.95. The standard InChI is InChI=1S/C25H28F2N4O5/c1-30(25(36)20-10-17-18(27)8-15(26)9-19(17)29-20)12-22(33)31-11-14(13-32)7-21(31)23(34)24(35)28-16-5-3-2-4-6-16/h8-10,13-14,16,21,29H,2-7,11-12H2,1H3,(H,28,35). The number of hydrogen-bond donors (Lipinski definition) is 2. The Morgan fingerprint density at radius 2 is 1.86 bits per heavy atom. The molecule has 2 fully saturated rings. The van der Waals surface area contributed by atoms with Crippen molar-refractivity contribution < 1.29 is 32.8 Å². The van der Waals surface area contributed by atoms with Gasteiger partial charge in [-0.15, -0.1) is 0 Å². The van der Waals surface area contributed by atoms with Crippen LogP contribution in [0.3, 0.4) is 0 Å². The molecule has 4 rings (SSSR count). The van der Waals surface area contributed by atoms with Gasteiger partial charge in [0.2, 0.25) is 11.7 Å². The van der Waals surface area contributed by atoms with E-state index < -0.39 is 53.6 Å². The Labute approximate surface area is 206 Å². The van der Waals surface area contributed by atoms with E-state index >= 15 is 0 Å². The average molecular weight is 503 g/mol. The SMILES string of the molecule is CN(CC(=O)N1CC(C=O)CC1C(=O)C(=O)NC1CCCCC1)C(=O)c1cc2c(F)cc(F)cc2[nH]1. The summed E-state index contributed by atoms with van der Waals surface area (Å²) >= 11 is 0. The summed E-state index contributed by atoms with van der Waals surface area (Å²) in [5.41, 5.74) is 0.0510. The lowest BCUT2D eigenvalue weighted by Crippen LogP contribution is -2.51. The number of amides is 3. The van der Waals surface area contributed by atoms with Gasteiger partial charge in [-0.25, -0.2) is 8.78 Å². The lowest BCUT2D eigenvalue weighted by Gasteiger charge is -2.27. The molecule has 1 aliphatic carbocycles. The van der Waals surface area contributed by atoms with Crippen molar-refractivity contribution in [3.8, 4) is 0 Å². The summed E-state index contributed by atoms with van der Waals surface area (Å²) < 4.78 is 27.5. The highest BCUT2D eigenvalue weighted by Gasteiger charge is 2.42. The Bertz CT molecular complexity index is 1210. The molecule has 2 heterocycles. The molecule has 2 aromatic rings. The zero-order valence-electron chi connectivity index (χ0n) is 19.9. The summed E-state index contributed by atoms with van der Waals surface area (Å²) in [5, 5.41) is 2.78. The van der Waals surface area contributed by atoms with Gasteiger partial charge in [0.05, 0.1) is 12.1 Å². The molecule has 2 unspecified atom stereocenters. The number of Topliss-reactive ketones (excluding diaryl/α,β-unsaturated/α-hetero) is 1. The third-order valence-electron chi connectivity index (χ3n) is 6.91. The van der Waals surface area contributed by atoms with Crippen LogP contribution in [0.2, 0.25) is 0 Å². The molecule has 0 bridgehead atoms. The van der Waals surface area contributed by atoms with Crippen LogP contribution in [-0.2, 0) is 19.2 Å². The Morgan fingerprint density at radius 1 is 1.14 bits per heavy atom. The van der Waals surface area contributed by atoms with Crippen molar-refractivity contribution in [2.75, 3.05) is 20.1 Å². The van der Waals surface area contributed by atoms with Crippen molar-refractivity contribution in [1.82, 2.24) is 20.1 Å². The lowest BCUT2D eigenvalue weighted by molar-refractivity contribution is -0.144. The first-order chi connectivity index (χ1) is 17.2. The first kappa shape index (κ1) is 25.5. The average Bonchev–Trinajstić information content (AvgIpc) is 3.48. The number of fused-ring (bicyclic) bond motifs is 1. The van der Waals surface area contributed by atoms with Gasteiger partial charge in [-0.05, 0) is 31.4 Å². The fraction of sp³-hybridized carbons (Fsp3) is 0.480. The first-order valence-electron chi connectivity index (χ1n) is 12.0. The number of H-pyrrole nitrogens is 1. The molecule has 0 radical (unpaired) electrons. The number of aldehydes is 1. The van der Waals surface area contributed by atoms with Crippen molar-refractivity contribution in [3.63, 3.8) is 0 Å². The zero-order chi connectivity index (χ0) is 26.0. The highest BCUT2D eigenvalue weighted by Crippen LogP contribution is 2.25. The number of benzene rings is 1. The number of carbonyl (C=O) groups excluding carboxylic acids is 5. The summed E-state index contributed by atoms with van der Waals surface area (Å²) in [6.07, 6.45) is 5.30. The maximum atomic E-state index is 14.0. The van der Waals surface area contributed by atoms with Crippen LogP contribution < -0.4 is 5.32 Å². The van der Waals surface area contributed by atoms with E-state index in [1.807, 2.05) is 0 Å². The van der Waals surface area contributed by atoms with E-state index in [0.29, 0.717) is 12.4 Å². The van der Waals surface area contributed by atoms with Crippen LogP contribution in [0, 0.1) is 17.6 Å². The number of carbonyl (C=O) groups is 5. The fourth-order valence-corrected chi connectivity index (χ4v) is 4.99. The van der Waals surface area contributed by atoms with Gasteiger partial charge in [-0.3, -0.25) is 19.2 Å². The molecule has 1 saturated heterocycles. The van der Waals surface area contributed by atoms with Crippen molar-refractivity contribution in [3.05, 3.63) is 35.5 Å². The number of likely N-dealkylation sites (N-methyl/N-ethyl adjacent to an activating group) is 1. The minimum atomic E-state index is -1.09. The van der Waals surface area contributed by atoms with Gasteiger partial charge in [0, 0.05) is 37.0 Å². The summed E-state index contributed by atoms with van der Waals surface area (Å²) in [6, 6.07) is 1.81. The summed E-state index contributed by atoms with van der Waals surface area (Å²) in [5.74, 6) is -5.03. The first-order valence-corrected chi connectivity index (χ1v) is 12.0. The van der Waals surface area contributed by atoms with Crippen LogP contribution in [0.15, 0.2) is 18.2 Å². The van der Waals surface area contributed by atoms with Crippen LogP contribution in [0.25, 0.3) is 10.9 Å². The van der Waals surface area contributed by atoms with Crippen molar-refractivity contribution in [2.24, 2.45) is 5.92 Å². The highest BCUT2D eigenvalue weighted by atomic mass is 19.1. The van der Waals surface area contributed by atoms with Crippen LogP contribution in [0.1, 0.15) is 49.0 Å². The predicted octanol–water partition coefficient (Wildman–Crippen LogP) is 1.95. The number of ketones is 1. The number of rotatable bonds is 7. The molecular weight excluding hydrogens is 474 g/mol. The zero-order valence-corrected chi connectivity index (χ0v) is 19.9. The molecule has 2 N–H and O–H groups in total. The summed E-state index contributed by atoms with van der Waals surface area (Å²) in [4.78, 5) is 67.7. The van der Waals surface area contributed by atoms with E-state index in [9.17, 15) is 32.8 Å². The molecule has 192 valence electrons. The minimum absolute atomic E-state index is 0.0301. The maximum absolute atomic E-state index is 14.0. The third kappa shape index (κ3) is 5.29. The molecule has 36 heavy (non-hydrogen) atoms. The molecular formula is C25H28F2N4O5. The molecule has 1 saturated carbocycles. The predicted molar refractivity (Wildman–Crippen MR) is 125 cm³/mol. The monoisotopic (exact) mass is 502 g/mol. The number of likely N-dealkylation sites (tertiary alicyclic amines) is 1. The van der Waals surface area contributed by atoms with E-state index in [-0.39, 0.29) is 35.6 Å². The Kier molecular flexibility index (Phi) is 7.46. The Balaban J connectivity index is 1.44. The van der Waals surface area contributed by atoms with Crippen LogP contribution >= 0.6 is 0 Å². The highest BCUT2D eigenvalue weighted by molar-refractivity contribution is 6.38. The molecule has 1 aromatic carbocycles. The summed E-state index contributed by atoms with van der Waals surface area (Å²) in [7, 11) is 1.35. The van der Waals surface area contributed by atoms with Gasteiger partial charge in [0.15, 0.2) is 0 Å². The van der Waals surface area contributed by atoms with Crippen molar-refractivity contribution in [1.29, 1.82) is 0 Å². The van der Waals surface area contributed by atoms with E-state index in [1.54, 1.807) is 0 Å². The second kappa shape index (κ2) is 10.5.